The Bertz CT molecular complexity index is 91.6. The molecule has 16 heavy (non-hydrogen) atoms. The van der Waals surface area contributed by atoms with E-state index in [1.807, 2.05) is 13.8 Å². The molecule has 0 bridgehead atoms. The lowest BCUT2D eigenvalue weighted by atomic mass is 10.2. The Labute approximate surface area is 105 Å². The van der Waals surface area contributed by atoms with Crippen LogP contribution in [0.15, 0.2) is 0 Å². The zero-order valence-electron chi connectivity index (χ0n) is 12.5. The number of nitrogens with zero attached hydrogens (tertiary/aromatic N) is 1. The van der Waals surface area contributed by atoms with Crippen molar-refractivity contribution in [3.63, 3.8) is 0 Å². The highest BCUT2D eigenvalue weighted by Gasteiger charge is 2.06. The van der Waals surface area contributed by atoms with Crippen molar-refractivity contribution < 1.29 is 0 Å². The molecule has 1 aliphatic heterocycles. The highest BCUT2D eigenvalue weighted by atomic mass is 15.1. The van der Waals surface area contributed by atoms with Crippen molar-refractivity contribution in [1.29, 1.82) is 0 Å². The molecule has 100 valence electrons. The zero-order valence-corrected chi connectivity index (χ0v) is 12.5. The topological polar surface area (TPSA) is 3.24 Å². The first kappa shape index (κ1) is 18.3. The van der Waals surface area contributed by atoms with Crippen LogP contribution in [0.1, 0.15) is 79.6 Å². The van der Waals surface area contributed by atoms with Gasteiger partial charge >= 0.3 is 0 Å². The predicted octanol–water partition coefficient (Wildman–Crippen LogP) is 5.11. The lowest BCUT2D eigenvalue weighted by molar-refractivity contribution is 0.286. The molecule has 0 aromatic rings. The smallest absolute Gasteiger partial charge is 0.00187 e. The Morgan fingerprint density at radius 2 is 1.12 bits per heavy atom. The normalized spacial score (nSPS) is 16.3. The maximum atomic E-state index is 2.60. The summed E-state index contributed by atoms with van der Waals surface area (Å²) >= 11 is 0. The Balaban J connectivity index is 0. The molecule has 0 aliphatic carbocycles. The van der Waals surface area contributed by atoms with Crippen LogP contribution in [0.3, 0.4) is 0 Å². The average molecular weight is 229 g/mol. The third-order valence-electron chi connectivity index (χ3n) is 2.74. The highest BCUT2D eigenvalue weighted by molar-refractivity contribution is 4.61. The summed E-state index contributed by atoms with van der Waals surface area (Å²) in [7, 11) is 0. The van der Waals surface area contributed by atoms with Gasteiger partial charge in [0.25, 0.3) is 0 Å². The van der Waals surface area contributed by atoms with E-state index in [4.69, 9.17) is 0 Å². The van der Waals surface area contributed by atoms with Crippen LogP contribution in [0.4, 0.5) is 0 Å². The first-order valence-corrected chi connectivity index (χ1v) is 7.57. The van der Waals surface area contributed by atoms with Gasteiger partial charge in [0.1, 0.15) is 0 Å². The first-order valence-electron chi connectivity index (χ1n) is 7.57. The van der Waals surface area contributed by atoms with E-state index < -0.39 is 0 Å². The van der Waals surface area contributed by atoms with Gasteiger partial charge in [-0.1, -0.05) is 60.3 Å². The molecule has 0 atom stereocenters. The quantitative estimate of drug-likeness (QED) is 0.650. The summed E-state index contributed by atoms with van der Waals surface area (Å²) in [6, 6.07) is 0. The summed E-state index contributed by atoms with van der Waals surface area (Å²) in [5.41, 5.74) is 0. The van der Waals surface area contributed by atoms with Crippen LogP contribution < -0.4 is 0 Å². The minimum Gasteiger partial charge on any atom is -0.303 e. The standard InChI is InChI=1S/C9H19N.C4H10.C2H6/c1-2-7-10-8-5-3-4-6-9-10;1-3-4-2;1-2/h2-9H2,1H3;3-4H2,1-2H3;1-2H3. The van der Waals surface area contributed by atoms with Gasteiger partial charge in [0.15, 0.2) is 0 Å². The van der Waals surface area contributed by atoms with Gasteiger partial charge in [-0.05, 0) is 38.9 Å². The summed E-state index contributed by atoms with van der Waals surface area (Å²) in [6.07, 6.45) is 9.74. The molecule has 1 saturated heterocycles. The second kappa shape index (κ2) is 17.4. The van der Waals surface area contributed by atoms with E-state index >= 15 is 0 Å². The van der Waals surface area contributed by atoms with Crippen LogP contribution in [0.25, 0.3) is 0 Å². The maximum Gasteiger partial charge on any atom is -0.00187 e. The van der Waals surface area contributed by atoms with Crippen molar-refractivity contribution in [2.45, 2.75) is 79.6 Å². The first-order chi connectivity index (χ1) is 7.85. The molecule has 1 aliphatic rings. The van der Waals surface area contributed by atoms with E-state index in [0.717, 1.165) is 0 Å². The summed E-state index contributed by atoms with van der Waals surface area (Å²) in [4.78, 5) is 2.60. The Morgan fingerprint density at radius 1 is 0.688 bits per heavy atom. The van der Waals surface area contributed by atoms with Gasteiger partial charge in [-0.25, -0.2) is 0 Å². The van der Waals surface area contributed by atoms with Gasteiger partial charge in [-0.15, -0.1) is 0 Å². The van der Waals surface area contributed by atoms with Crippen LogP contribution in [-0.2, 0) is 0 Å². The molecule has 0 amide bonds. The van der Waals surface area contributed by atoms with Crippen LogP contribution in [0.5, 0.6) is 0 Å². The predicted molar refractivity (Wildman–Crippen MR) is 77.1 cm³/mol. The largest absolute Gasteiger partial charge is 0.303 e. The van der Waals surface area contributed by atoms with Gasteiger partial charge in [0.05, 0.1) is 0 Å². The molecule has 0 spiro atoms. The van der Waals surface area contributed by atoms with Gasteiger partial charge in [-0.2, -0.15) is 0 Å². The molecule has 1 heteroatoms. The molecule has 0 aromatic heterocycles. The summed E-state index contributed by atoms with van der Waals surface area (Å²) < 4.78 is 0. The number of hydrogen-bond acceptors (Lipinski definition) is 1. The van der Waals surface area contributed by atoms with Crippen molar-refractivity contribution in [2.24, 2.45) is 0 Å². The highest BCUT2D eigenvalue weighted by Crippen LogP contribution is 2.09. The van der Waals surface area contributed by atoms with Crippen LogP contribution in [0.2, 0.25) is 0 Å². The Morgan fingerprint density at radius 3 is 1.44 bits per heavy atom. The van der Waals surface area contributed by atoms with Gasteiger partial charge < -0.3 is 4.90 Å². The molecule has 0 N–H and O–H groups in total. The van der Waals surface area contributed by atoms with E-state index in [1.165, 1.54) is 64.6 Å². The zero-order chi connectivity index (χ0) is 12.6. The Kier molecular flexibility index (Phi) is 19.9. The van der Waals surface area contributed by atoms with Crippen molar-refractivity contribution in [3.8, 4) is 0 Å². The maximum absolute atomic E-state index is 2.60. The number of unbranched alkanes of at least 4 members (excludes halogenated alkanes) is 1. The molecular weight excluding hydrogens is 194 g/mol. The molecular formula is C15H35N. The van der Waals surface area contributed by atoms with E-state index in [9.17, 15) is 0 Å². The van der Waals surface area contributed by atoms with Crippen molar-refractivity contribution in [1.82, 2.24) is 4.90 Å². The van der Waals surface area contributed by atoms with E-state index in [0.29, 0.717) is 0 Å². The number of rotatable bonds is 3. The van der Waals surface area contributed by atoms with E-state index in [-0.39, 0.29) is 0 Å². The number of hydrogen-bond donors (Lipinski definition) is 0. The van der Waals surface area contributed by atoms with Gasteiger partial charge in [0.2, 0.25) is 0 Å². The molecule has 0 aromatic carbocycles. The molecule has 1 fully saturated rings. The van der Waals surface area contributed by atoms with Crippen LogP contribution in [-0.4, -0.2) is 24.5 Å². The summed E-state index contributed by atoms with van der Waals surface area (Å²) in [6.45, 7) is 14.7. The van der Waals surface area contributed by atoms with E-state index in [1.54, 1.807) is 0 Å². The molecule has 0 saturated carbocycles. The fraction of sp³-hybridized carbons (Fsp3) is 1.00. The van der Waals surface area contributed by atoms with Crippen molar-refractivity contribution in [3.05, 3.63) is 0 Å². The van der Waals surface area contributed by atoms with Gasteiger partial charge in [-0.3, -0.25) is 0 Å². The third kappa shape index (κ3) is 14.0. The molecule has 1 rings (SSSR count). The summed E-state index contributed by atoms with van der Waals surface area (Å²) in [5.74, 6) is 0. The minimum absolute atomic E-state index is 1.32. The second-order valence-corrected chi connectivity index (χ2v) is 4.26. The summed E-state index contributed by atoms with van der Waals surface area (Å²) in [5, 5.41) is 0. The van der Waals surface area contributed by atoms with Crippen molar-refractivity contribution >= 4 is 0 Å². The number of likely N-dealkylation sites (tertiary alicyclic amines) is 1. The molecule has 0 radical (unpaired) electrons. The monoisotopic (exact) mass is 229 g/mol. The van der Waals surface area contributed by atoms with Crippen LogP contribution in [0, 0.1) is 0 Å². The lowest BCUT2D eigenvalue weighted by Gasteiger charge is -2.17. The van der Waals surface area contributed by atoms with Crippen LogP contribution >= 0.6 is 0 Å². The Hall–Kier alpha value is -0.0400. The fourth-order valence-electron chi connectivity index (χ4n) is 1.68. The SMILES string of the molecule is CC.CCCC.CCCN1CCCCCC1. The van der Waals surface area contributed by atoms with E-state index in [2.05, 4.69) is 25.7 Å². The third-order valence-corrected chi connectivity index (χ3v) is 2.74. The fourth-order valence-corrected chi connectivity index (χ4v) is 1.68. The minimum atomic E-state index is 1.32. The second-order valence-electron chi connectivity index (χ2n) is 4.26. The molecule has 1 nitrogen and oxygen atoms in total. The average Bonchev–Trinajstić information content (AvgIpc) is 2.61. The van der Waals surface area contributed by atoms with Crippen molar-refractivity contribution in [2.75, 3.05) is 19.6 Å². The molecule has 1 heterocycles. The van der Waals surface area contributed by atoms with Gasteiger partial charge in [0, 0.05) is 0 Å². The lowest BCUT2D eigenvalue weighted by Crippen LogP contribution is -2.25. The molecule has 0 unspecified atom stereocenters.